The van der Waals surface area contributed by atoms with E-state index in [1.54, 1.807) is 0 Å². The highest BCUT2D eigenvalue weighted by atomic mass is 28.4. The van der Waals surface area contributed by atoms with Crippen molar-refractivity contribution in [3.63, 3.8) is 0 Å². The van der Waals surface area contributed by atoms with E-state index in [2.05, 4.69) is 146 Å². The van der Waals surface area contributed by atoms with E-state index in [1.165, 1.54) is 23.2 Å². The number of aliphatic hydroxyl groups excluding tert-OH is 1. The lowest BCUT2D eigenvalue weighted by Gasteiger charge is -2.43. The highest BCUT2D eigenvalue weighted by molar-refractivity contribution is 6.99. The van der Waals surface area contributed by atoms with Gasteiger partial charge in [-0.25, -0.2) is 0 Å². The van der Waals surface area contributed by atoms with Crippen LogP contribution in [0.2, 0.25) is 23.2 Å². The molecule has 1 aliphatic rings. The molecule has 0 saturated carbocycles. The Labute approximate surface area is 295 Å². The minimum Gasteiger partial charge on any atom is -0.411 e. The van der Waals surface area contributed by atoms with Gasteiger partial charge in [-0.2, -0.15) is 0 Å². The minimum absolute atomic E-state index is 0.103. The van der Waals surface area contributed by atoms with Crippen LogP contribution in [0.1, 0.15) is 101 Å². The van der Waals surface area contributed by atoms with Gasteiger partial charge in [0.15, 0.2) is 14.1 Å². The first-order valence-electron chi connectivity index (χ1n) is 18.0. The van der Waals surface area contributed by atoms with Gasteiger partial charge in [-0.1, -0.05) is 152 Å². The van der Waals surface area contributed by atoms with Crippen LogP contribution in [0.25, 0.3) is 0 Å². The number of ether oxygens (including phenoxy) is 2. The van der Waals surface area contributed by atoms with Crippen LogP contribution >= 0.6 is 0 Å². The molecule has 7 heteroatoms. The average molecular weight is 693 g/mol. The summed E-state index contributed by atoms with van der Waals surface area (Å²) in [6.45, 7) is 24.7. The zero-order valence-electron chi connectivity index (χ0n) is 31.8. The second-order valence-electron chi connectivity index (χ2n) is 16.3. The maximum Gasteiger partial charge on any atom is 0.261 e. The minimum atomic E-state index is -2.75. The number of unbranched alkanes of at least 4 members (excludes halogenated alkanes) is 2. The number of hydrogen-bond donors (Lipinski definition) is 1. The van der Waals surface area contributed by atoms with E-state index in [0.29, 0.717) is 19.4 Å². The van der Waals surface area contributed by atoms with Crippen LogP contribution < -0.4 is 10.4 Å². The van der Waals surface area contributed by atoms with Crippen molar-refractivity contribution >= 4 is 27.0 Å². The van der Waals surface area contributed by atoms with E-state index in [0.717, 1.165) is 12.8 Å². The van der Waals surface area contributed by atoms with Crippen LogP contribution in [0.15, 0.2) is 72.8 Å². The monoisotopic (exact) mass is 692 g/mol. The Hall–Kier alpha value is -2.03. The highest BCUT2D eigenvalue weighted by Gasteiger charge is 2.52. The van der Waals surface area contributed by atoms with E-state index in [9.17, 15) is 5.11 Å². The lowest BCUT2D eigenvalue weighted by Crippen LogP contribution is -2.67. The fourth-order valence-corrected chi connectivity index (χ4v) is 12.2. The molecular formula is C41H64O5Si2. The van der Waals surface area contributed by atoms with Gasteiger partial charge in [0, 0.05) is 12.8 Å². The average Bonchev–Trinajstić information content (AvgIpc) is 3.29. The van der Waals surface area contributed by atoms with Crippen molar-refractivity contribution in [1.82, 2.24) is 0 Å². The smallest absolute Gasteiger partial charge is 0.261 e. The highest BCUT2D eigenvalue weighted by Crippen LogP contribution is 2.39. The molecule has 0 spiro atoms. The van der Waals surface area contributed by atoms with Gasteiger partial charge in [-0.3, -0.25) is 0 Å². The first-order chi connectivity index (χ1) is 22.4. The second-order valence-corrected chi connectivity index (χ2v) is 25.4. The third kappa shape index (κ3) is 11.0. The molecule has 0 aliphatic carbocycles. The molecule has 0 radical (unpaired) electrons. The molecule has 1 fully saturated rings. The molecule has 0 aromatic heterocycles. The Kier molecular flexibility index (Phi) is 14.5. The molecule has 266 valence electrons. The van der Waals surface area contributed by atoms with Crippen LogP contribution in [0.3, 0.4) is 0 Å². The van der Waals surface area contributed by atoms with Crippen LogP contribution in [0, 0.1) is 11.8 Å². The summed E-state index contributed by atoms with van der Waals surface area (Å²) in [6.07, 6.45) is 8.38. The zero-order chi connectivity index (χ0) is 35.6. The van der Waals surface area contributed by atoms with Gasteiger partial charge in [-0.15, -0.1) is 0 Å². The van der Waals surface area contributed by atoms with Crippen LogP contribution in [-0.4, -0.2) is 58.6 Å². The van der Waals surface area contributed by atoms with Crippen molar-refractivity contribution in [1.29, 1.82) is 0 Å². The Morgan fingerprint density at radius 1 is 0.875 bits per heavy atom. The maximum atomic E-state index is 11.0. The standard InChI is InChI=1S/C41H64O5Si2/c1-12-13-17-25-34(46-47(10,11)39(2,3)4)26-19-14-18-24-33(42)31-37-38(45-41(8,9)44-37)32-43-48(40(5,6)7,35-27-20-15-21-28-35)36-29-22-16-23-30-36/h15-16,19-23,26-30,33-34,37-38,42H,12-14,17,25,31-32H2,1-11H3/b26-19+/t33-,34-,37+,38-/m1/s1. The molecule has 2 aromatic carbocycles. The molecule has 0 amide bonds. The van der Waals surface area contributed by atoms with Crippen molar-refractivity contribution < 1.29 is 23.4 Å². The van der Waals surface area contributed by atoms with Gasteiger partial charge in [0.2, 0.25) is 0 Å². The first kappa shape index (κ1) is 40.4. The Bertz CT molecular complexity index is 1290. The quantitative estimate of drug-likeness (QED) is 0.0876. The predicted octanol–water partition coefficient (Wildman–Crippen LogP) is 8.75. The van der Waals surface area contributed by atoms with Gasteiger partial charge in [0.25, 0.3) is 8.32 Å². The van der Waals surface area contributed by atoms with Gasteiger partial charge in [0.05, 0.1) is 18.8 Å². The van der Waals surface area contributed by atoms with E-state index in [1.807, 2.05) is 13.8 Å². The lowest BCUT2D eigenvalue weighted by molar-refractivity contribution is -0.149. The molecule has 0 unspecified atom stereocenters. The van der Waals surface area contributed by atoms with E-state index in [-0.39, 0.29) is 28.4 Å². The second kappa shape index (κ2) is 17.3. The van der Waals surface area contributed by atoms with Crippen LogP contribution in [0.4, 0.5) is 0 Å². The Morgan fingerprint density at radius 3 is 1.96 bits per heavy atom. The third-order valence-electron chi connectivity index (χ3n) is 9.81. The van der Waals surface area contributed by atoms with Gasteiger partial charge in [-0.05, 0) is 53.8 Å². The van der Waals surface area contributed by atoms with Crippen molar-refractivity contribution in [2.45, 2.75) is 154 Å². The van der Waals surface area contributed by atoms with Gasteiger partial charge in [0.1, 0.15) is 12.2 Å². The Morgan fingerprint density at radius 2 is 1.44 bits per heavy atom. The summed E-state index contributed by atoms with van der Waals surface area (Å²) < 4.78 is 26.7. The summed E-state index contributed by atoms with van der Waals surface area (Å²) in [5.74, 6) is 5.46. The molecule has 1 N–H and O–H groups in total. The molecule has 1 aliphatic heterocycles. The number of aliphatic hydroxyl groups is 1. The topological polar surface area (TPSA) is 57.2 Å². The zero-order valence-corrected chi connectivity index (χ0v) is 33.8. The third-order valence-corrected chi connectivity index (χ3v) is 19.3. The molecule has 5 nitrogen and oxygen atoms in total. The first-order valence-corrected chi connectivity index (χ1v) is 22.8. The number of benzene rings is 2. The fraction of sp³-hybridized carbons (Fsp3) is 0.610. The van der Waals surface area contributed by atoms with E-state index < -0.39 is 28.5 Å². The molecule has 0 bridgehead atoms. The predicted molar refractivity (Wildman–Crippen MR) is 206 cm³/mol. The summed E-state index contributed by atoms with van der Waals surface area (Å²) in [6, 6.07) is 21.2. The van der Waals surface area contributed by atoms with E-state index in [4.69, 9.17) is 18.3 Å². The van der Waals surface area contributed by atoms with Crippen molar-refractivity contribution in [3.05, 3.63) is 72.8 Å². The van der Waals surface area contributed by atoms with Gasteiger partial charge < -0.3 is 23.4 Å². The summed E-state index contributed by atoms with van der Waals surface area (Å²) in [5.41, 5.74) is 0. The van der Waals surface area contributed by atoms with Crippen LogP contribution in [-0.2, 0) is 18.3 Å². The largest absolute Gasteiger partial charge is 0.411 e. The van der Waals surface area contributed by atoms with E-state index >= 15 is 0 Å². The molecule has 4 atom stereocenters. The fourth-order valence-electron chi connectivity index (χ4n) is 6.30. The lowest BCUT2D eigenvalue weighted by atomic mass is 10.1. The SMILES string of the molecule is CCCCC[C@H](/C=C/CC#C[C@@H](O)C[C@@H]1OC(C)(C)O[C@@H]1CO[Si](c1ccccc1)(c1ccccc1)C(C)(C)C)O[Si](C)(C)C(C)(C)C. The Balaban J connectivity index is 1.72. The molecule has 3 rings (SSSR count). The van der Waals surface area contributed by atoms with Gasteiger partial charge >= 0.3 is 0 Å². The summed E-state index contributed by atoms with van der Waals surface area (Å²) >= 11 is 0. The molecule has 1 saturated heterocycles. The van der Waals surface area contributed by atoms with Crippen LogP contribution in [0.5, 0.6) is 0 Å². The normalized spacial score (nSPS) is 20.0. The summed E-state index contributed by atoms with van der Waals surface area (Å²) in [7, 11) is -4.63. The van der Waals surface area contributed by atoms with Crippen molar-refractivity contribution in [3.8, 4) is 11.8 Å². The van der Waals surface area contributed by atoms with Crippen molar-refractivity contribution in [2.75, 3.05) is 6.61 Å². The molecule has 2 aromatic rings. The number of rotatable bonds is 15. The summed E-state index contributed by atoms with van der Waals surface area (Å²) in [4.78, 5) is 0. The molecule has 48 heavy (non-hydrogen) atoms. The molecule has 1 heterocycles. The molecular weight excluding hydrogens is 629 g/mol. The maximum absolute atomic E-state index is 11.0. The summed E-state index contributed by atoms with van der Waals surface area (Å²) in [5, 5.41) is 13.5. The number of allylic oxidation sites excluding steroid dienone is 1. The number of hydrogen-bond acceptors (Lipinski definition) is 5. The van der Waals surface area contributed by atoms with Crippen molar-refractivity contribution in [2.24, 2.45) is 0 Å².